The number of likely N-dealkylation sites (tertiary alicyclic amines) is 1. The van der Waals surface area contributed by atoms with E-state index in [4.69, 9.17) is 11.6 Å². The fourth-order valence-corrected chi connectivity index (χ4v) is 4.09. The van der Waals surface area contributed by atoms with Gasteiger partial charge in [-0.1, -0.05) is 30.2 Å². The van der Waals surface area contributed by atoms with Crippen molar-refractivity contribution in [2.75, 3.05) is 19.7 Å². The molecule has 1 saturated carbocycles. The molecule has 3 heteroatoms. The molecule has 3 rings (SSSR count). The number of hydrogen-bond donors (Lipinski definition) is 1. The Morgan fingerprint density at radius 2 is 1.95 bits per heavy atom. The lowest BCUT2D eigenvalue weighted by molar-refractivity contribution is 0.0439. The van der Waals surface area contributed by atoms with Gasteiger partial charge >= 0.3 is 0 Å². The van der Waals surface area contributed by atoms with E-state index >= 15 is 0 Å². The van der Waals surface area contributed by atoms with Gasteiger partial charge in [-0.15, -0.1) is 0 Å². The summed E-state index contributed by atoms with van der Waals surface area (Å²) >= 11 is 6.04. The van der Waals surface area contributed by atoms with Crippen molar-refractivity contribution in [3.8, 4) is 0 Å². The molecule has 1 aromatic carbocycles. The van der Waals surface area contributed by atoms with E-state index < -0.39 is 0 Å². The minimum atomic E-state index is 0.316. The first-order chi connectivity index (χ1) is 10.1. The van der Waals surface area contributed by atoms with Crippen LogP contribution in [0.25, 0.3) is 0 Å². The third-order valence-electron chi connectivity index (χ3n) is 5.64. The van der Waals surface area contributed by atoms with Gasteiger partial charge < -0.3 is 5.11 Å². The van der Waals surface area contributed by atoms with E-state index in [-0.39, 0.29) is 0 Å². The van der Waals surface area contributed by atoms with Gasteiger partial charge in [0.15, 0.2) is 0 Å². The van der Waals surface area contributed by atoms with Gasteiger partial charge in [0.2, 0.25) is 0 Å². The van der Waals surface area contributed by atoms with Gasteiger partial charge in [0.25, 0.3) is 0 Å². The van der Waals surface area contributed by atoms with Crippen LogP contribution in [0.1, 0.15) is 44.6 Å². The molecule has 116 valence electrons. The van der Waals surface area contributed by atoms with Gasteiger partial charge in [-0.25, -0.2) is 0 Å². The Bertz CT molecular complexity index is 469. The van der Waals surface area contributed by atoms with Gasteiger partial charge in [-0.05, 0) is 56.2 Å². The molecule has 0 radical (unpaired) electrons. The maximum atomic E-state index is 9.47. The highest BCUT2D eigenvalue weighted by atomic mass is 35.5. The van der Waals surface area contributed by atoms with Crippen LogP contribution in [0.2, 0.25) is 5.02 Å². The predicted octanol–water partition coefficient (Wildman–Crippen LogP) is 3.85. The first-order valence-electron chi connectivity index (χ1n) is 8.24. The van der Waals surface area contributed by atoms with Gasteiger partial charge in [-0.3, -0.25) is 4.90 Å². The number of hydrogen-bond acceptors (Lipinski definition) is 2. The summed E-state index contributed by atoms with van der Waals surface area (Å²) < 4.78 is 0. The zero-order valence-corrected chi connectivity index (χ0v) is 13.6. The van der Waals surface area contributed by atoms with Crippen LogP contribution in [0.5, 0.6) is 0 Å². The van der Waals surface area contributed by atoms with Crippen LogP contribution >= 0.6 is 11.6 Å². The smallest absolute Gasteiger partial charge is 0.0471 e. The predicted molar refractivity (Wildman–Crippen MR) is 87.8 cm³/mol. The van der Waals surface area contributed by atoms with E-state index in [0.29, 0.717) is 24.0 Å². The molecule has 1 saturated heterocycles. The minimum absolute atomic E-state index is 0.316. The molecule has 1 aromatic rings. The number of halogens is 1. The molecule has 2 nitrogen and oxygen atoms in total. The van der Waals surface area contributed by atoms with Crippen LogP contribution in [-0.4, -0.2) is 35.7 Å². The van der Waals surface area contributed by atoms with Crippen molar-refractivity contribution in [2.45, 2.75) is 50.5 Å². The van der Waals surface area contributed by atoms with Crippen molar-refractivity contribution < 1.29 is 5.11 Å². The molecule has 0 amide bonds. The average Bonchev–Trinajstić information content (AvgIpc) is 2.46. The Hall–Kier alpha value is -0.570. The van der Waals surface area contributed by atoms with Crippen molar-refractivity contribution in [1.82, 2.24) is 4.90 Å². The number of aliphatic hydroxyl groups excluding tert-OH is 1. The Morgan fingerprint density at radius 3 is 2.52 bits per heavy atom. The van der Waals surface area contributed by atoms with E-state index in [1.165, 1.54) is 37.7 Å². The summed E-state index contributed by atoms with van der Waals surface area (Å²) in [5.74, 6) is 0.462. The summed E-state index contributed by atoms with van der Waals surface area (Å²) in [4.78, 5) is 2.61. The Balaban J connectivity index is 1.75. The largest absolute Gasteiger partial charge is 0.396 e. The van der Waals surface area contributed by atoms with Gasteiger partial charge in [0, 0.05) is 36.2 Å². The molecule has 0 aromatic heterocycles. The summed E-state index contributed by atoms with van der Waals surface area (Å²) in [6.07, 6.45) is 6.27. The van der Waals surface area contributed by atoms with Gasteiger partial charge in [-0.2, -0.15) is 0 Å². The van der Waals surface area contributed by atoms with Crippen LogP contribution in [0.3, 0.4) is 0 Å². The van der Waals surface area contributed by atoms with Crippen molar-refractivity contribution in [3.05, 3.63) is 34.9 Å². The van der Waals surface area contributed by atoms with Crippen molar-refractivity contribution in [1.29, 1.82) is 0 Å². The van der Waals surface area contributed by atoms with E-state index in [0.717, 1.165) is 18.1 Å². The zero-order valence-electron chi connectivity index (χ0n) is 12.9. The van der Waals surface area contributed by atoms with Crippen LogP contribution in [0.4, 0.5) is 0 Å². The maximum Gasteiger partial charge on any atom is 0.0471 e. The summed E-state index contributed by atoms with van der Waals surface area (Å²) in [5, 5.41) is 10.3. The van der Waals surface area contributed by atoms with Gasteiger partial charge in [0.1, 0.15) is 0 Å². The molecule has 0 unspecified atom stereocenters. The van der Waals surface area contributed by atoms with E-state index in [1.54, 1.807) is 0 Å². The molecule has 1 aliphatic carbocycles. The third-order valence-corrected chi connectivity index (χ3v) is 5.89. The highest BCUT2D eigenvalue weighted by molar-refractivity contribution is 6.30. The third kappa shape index (κ3) is 3.13. The Kier molecular flexibility index (Phi) is 4.58. The number of aliphatic hydroxyl groups is 1. The molecule has 1 N–H and O–H groups in total. The fourth-order valence-electron chi connectivity index (χ4n) is 3.97. The van der Waals surface area contributed by atoms with Crippen LogP contribution in [0.15, 0.2) is 24.3 Å². The van der Waals surface area contributed by atoms with Crippen LogP contribution in [0, 0.1) is 5.92 Å². The quantitative estimate of drug-likeness (QED) is 0.913. The number of piperidine rings is 1. The molecule has 0 bridgehead atoms. The zero-order chi connectivity index (χ0) is 14.9. The Morgan fingerprint density at radius 1 is 1.24 bits per heavy atom. The molecule has 1 aliphatic heterocycles. The van der Waals surface area contributed by atoms with E-state index in [1.807, 2.05) is 12.1 Å². The van der Waals surface area contributed by atoms with Crippen LogP contribution in [-0.2, 0) is 5.41 Å². The van der Waals surface area contributed by atoms with E-state index in [9.17, 15) is 5.11 Å². The highest BCUT2D eigenvalue weighted by Gasteiger charge is 2.41. The summed E-state index contributed by atoms with van der Waals surface area (Å²) in [5.41, 5.74) is 1.76. The summed E-state index contributed by atoms with van der Waals surface area (Å²) in [6, 6.07) is 9.09. The lowest BCUT2D eigenvalue weighted by Gasteiger charge is -2.49. The minimum Gasteiger partial charge on any atom is -0.396 e. The normalized spacial score (nSPS) is 29.1. The maximum absolute atomic E-state index is 9.47. The Labute approximate surface area is 133 Å². The molecule has 0 spiro atoms. The molecular formula is C18H26ClNO. The second-order valence-corrected chi connectivity index (χ2v) is 7.48. The molecule has 1 heterocycles. The molecule has 21 heavy (non-hydrogen) atoms. The molecule has 2 aliphatic rings. The lowest BCUT2D eigenvalue weighted by Crippen LogP contribution is -2.52. The average molecular weight is 308 g/mol. The first-order valence-corrected chi connectivity index (χ1v) is 8.62. The SMILES string of the molecule is C[C@H]1CC[C@@H](CO)CN1CC1(c2ccc(Cl)cc2)CCC1. The molecule has 2 atom stereocenters. The summed E-state index contributed by atoms with van der Waals surface area (Å²) in [7, 11) is 0. The van der Waals surface area contributed by atoms with Crippen molar-refractivity contribution >= 4 is 11.6 Å². The van der Waals surface area contributed by atoms with Crippen molar-refractivity contribution in [2.24, 2.45) is 5.92 Å². The molecular weight excluding hydrogens is 282 g/mol. The second-order valence-electron chi connectivity index (χ2n) is 7.05. The topological polar surface area (TPSA) is 23.5 Å². The first kappa shape index (κ1) is 15.3. The van der Waals surface area contributed by atoms with Gasteiger partial charge in [0.05, 0.1) is 0 Å². The monoisotopic (exact) mass is 307 g/mol. The summed E-state index contributed by atoms with van der Waals surface area (Å²) in [6.45, 7) is 4.85. The standard InChI is InChI=1S/C18H26ClNO/c1-14-3-4-15(12-21)11-20(14)13-18(9-2-10-18)16-5-7-17(19)8-6-16/h5-8,14-15,21H,2-4,9-13H2,1H3/t14-,15+/m0/s1. The number of rotatable bonds is 4. The number of benzene rings is 1. The fraction of sp³-hybridized carbons (Fsp3) is 0.667. The van der Waals surface area contributed by atoms with Crippen LogP contribution < -0.4 is 0 Å². The number of nitrogens with zero attached hydrogens (tertiary/aromatic N) is 1. The molecule has 2 fully saturated rings. The lowest BCUT2D eigenvalue weighted by atomic mass is 9.64. The van der Waals surface area contributed by atoms with E-state index in [2.05, 4.69) is 24.0 Å². The highest BCUT2D eigenvalue weighted by Crippen LogP contribution is 2.45. The van der Waals surface area contributed by atoms with Crippen molar-refractivity contribution in [3.63, 3.8) is 0 Å². The second kappa shape index (κ2) is 6.28.